The number of aliphatic hydroxyl groups excluding tert-OH is 1. The first-order valence-electron chi connectivity index (χ1n) is 13.0. The Kier molecular flexibility index (Phi) is 7.69. The number of aromatic nitrogens is 2. The quantitative estimate of drug-likeness (QED) is 0.430. The average molecular weight is 490 g/mol. The summed E-state index contributed by atoms with van der Waals surface area (Å²) in [7, 11) is 0. The Balaban J connectivity index is 1.48. The lowest BCUT2D eigenvalue weighted by Gasteiger charge is -2.26. The molecule has 1 aromatic carbocycles. The van der Waals surface area contributed by atoms with Crippen LogP contribution in [0.15, 0.2) is 58.2 Å². The van der Waals surface area contributed by atoms with Gasteiger partial charge >= 0.3 is 0 Å². The average Bonchev–Trinajstić information content (AvgIpc) is 2.89. The lowest BCUT2D eigenvalue weighted by atomic mass is 9.88. The number of nitrogens with zero attached hydrogens (tertiary/aromatic N) is 3. The molecule has 35 heavy (non-hydrogen) atoms. The maximum absolute atomic E-state index is 13.7. The smallest absolute Gasteiger partial charge is 0.258 e. The van der Waals surface area contributed by atoms with Gasteiger partial charge in [-0.05, 0) is 68.5 Å². The highest BCUT2D eigenvalue weighted by Crippen LogP contribution is 2.29. The molecule has 2 atom stereocenters. The molecule has 0 saturated heterocycles. The predicted molar refractivity (Wildman–Crippen MR) is 147 cm³/mol. The highest BCUT2D eigenvalue weighted by atomic mass is 32.2. The van der Waals surface area contributed by atoms with Crippen LogP contribution >= 0.6 is 11.8 Å². The van der Waals surface area contributed by atoms with Crippen molar-refractivity contribution in [2.45, 2.75) is 76.9 Å². The maximum atomic E-state index is 13.7. The van der Waals surface area contributed by atoms with Crippen LogP contribution in [0.4, 0.5) is 0 Å². The van der Waals surface area contributed by atoms with Crippen LogP contribution in [0.5, 0.6) is 0 Å². The molecular weight excluding hydrogens is 454 g/mol. The minimum absolute atomic E-state index is 0.0247. The predicted octanol–water partition coefficient (Wildman–Crippen LogP) is 6.25. The van der Waals surface area contributed by atoms with Crippen molar-refractivity contribution in [3.8, 4) is 0 Å². The SMILES string of the molecule is CSC1=NC=C(CCc2cc3c(=O)n(CC4CCCCCCC4O)ccc3c3ncccc23)CC1. The number of allylic oxidation sites excluding steroid dienone is 1. The summed E-state index contributed by atoms with van der Waals surface area (Å²) in [6.07, 6.45) is 17.8. The highest BCUT2D eigenvalue weighted by Gasteiger charge is 2.22. The molecule has 2 aliphatic rings. The van der Waals surface area contributed by atoms with Crippen molar-refractivity contribution in [1.29, 1.82) is 0 Å². The van der Waals surface area contributed by atoms with E-state index in [9.17, 15) is 9.90 Å². The number of aliphatic imine (C=N–C) groups is 1. The Morgan fingerprint density at radius 2 is 1.91 bits per heavy atom. The summed E-state index contributed by atoms with van der Waals surface area (Å²) in [5, 5.41) is 14.7. The first-order chi connectivity index (χ1) is 17.1. The summed E-state index contributed by atoms with van der Waals surface area (Å²) in [5.41, 5.74) is 3.46. The lowest BCUT2D eigenvalue weighted by molar-refractivity contribution is 0.0737. The summed E-state index contributed by atoms with van der Waals surface area (Å²) < 4.78 is 1.82. The lowest BCUT2D eigenvalue weighted by Crippen LogP contribution is -2.31. The van der Waals surface area contributed by atoms with E-state index in [1.807, 2.05) is 35.3 Å². The number of benzene rings is 1. The second-order valence-corrected chi connectivity index (χ2v) is 10.9. The van der Waals surface area contributed by atoms with Crippen LogP contribution in [0.2, 0.25) is 0 Å². The summed E-state index contributed by atoms with van der Waals surface area (Å²) in [4.78, 5) is 22.9. The van der Waals surface area contributed by atoms with E-state index in [-0.39, 0.29) is 17.6 Å². The monoisotopic (exact) mass is 489 g/mol. The highest BCUT2D eigenvalue weighted by molar-refractivity contribution is 8.13. The molecule has 0 radical (unpaired) electrons. The number of aryl methyl sites for hydroxylation is 1. The molecular formula is C29H35N3O2S. The fourth-order valence-electron chi connectivity index (χ4n) is 5.63. The van der Waals surface area contributed by atoms with Gasteiger partial charge in [0.15, 0.2) is 0 Å². The van der Waals surface area contributed by atoms with E-state index >= 15 is 0 Å². The van der Waals surface area contributed by atoms with Crippen molar-refractivity contribution in [2.24, 2.45) is 10.9 Å². The van der Waals surface area contributed by atoms with Gasteiger partial charge in [0.1, 0.15) is 0 Å². The van der Waals surface area contributed by atoms with Gasteiger partial charge < -0.3 is 9.67 Å². The molecule has 1 N–H and O–H groups in total. The van der Waals surface area contributed by atoms with Gasteiger partial charge in [-0.15, -0.1) is 11.8 Å². The molecule has 5 rings (SSSR count). The maximum Gasteiger partial charge on any atom is 0.258 e. The van der Waals surface area contributed by atoms with E-state index in [1.54, 1.807) is 11.8 Å². The number of thioether (sulfide) groups is 1. The van der Waals surface area contributed by atoms with E-state index < -0.39 is 0 Å². The molecule has 0 amide bonds. The minimum Gasteiger partial charge on any atom is -0.393 e. The van der Waals surface area contributed by atoms with E-state index in [2.05, 4.69) is 28.4 Å². The number of hydrogen-bond donors (Lipinski definition) is 1. The zero-order valence-electron chi connectivity index (χ0n) is 20.6. The summed E-state index contributed by atoms with van der Waals surface area (Å²) in [6, 6.07) is 8.22. The Morgan fingerprint density at radius 3 is 2.71 bits per heavy atom. The number of pyridine rings is 2. The second kappa shape index (κ2) is 11.1. The molecule has 3 aromatic rings. The molecule has 1 fully saturated rings. The van der Waals surface area contributed by atoms with E-state index in [1.165, 1.54) is 29.0 Å². The topological polar surface area (TPSA) is 67.5 Å². The third-order valence-corrected chi connectivity index (χ3v) is 8.51. The van der Waals surface area contributed by atoms with Crippen molar-refractivity contribution in [3.05, 3.63) is 64.3 Å². The van der Waals surface area contributed by atoms with Crippen molar-refractivity contribution in [2.75, 3.05) is 6.26 Å². The van der Waals surface area contributed by atoms with Crippen LogP contribution in [0.3, 0.4) is 0 Å². The van der Waals surface area contributed by atoms with E-state index in [0.717, 1.165) is 73.0 Å². The number of aliphatic hydroxyl groups is 1. The van der Waals surface area contributed by atoms with E-state index in [0.29, 0.717) is 6.54 Å². The van der Waals surface area contributed by atoms with Crippen LogP contribution in [0, 0.1) is 5.92 Å². The normalized spacial score (nSPS) is 21.4. The van der Waals surface area contributed by atoms with Gasteiger partial charge in [-0.1, -0.05) is 37.3 Å². The zero-order chi connectivity index (χ0) is 24.2. The van der Waals surface area contributed by atoms with Gasteiger partial charge in [-0.3, -0.25) is 14.8 Å². The van der Waals surface area contributed by atoms with Crippen LogP contribution in [-0.2, 0) is 13.0 Å². The standard InChI is InChI=1S/C29H35N3O2S/c1-35-27-13-11-20(18-31-27)10-12-21-17-25-24(28-23(21)8-6-15-30-28)14-16-32(29(25)34)19-22-7-4-2-3-5-9-26(22)33/h6,8,14-18,22,26,33H,2-5,7,9-13,19H2,1H3. The van der Waals surface area contributed by atoms with E-state index in [4.69, 9.17) is 0 Å². The minimum atomic E-state index is -0.329. The van der Waals surface area contributed by atoms with Gasteiger partial charge in [0.2, 0.25) is 0 Å². The molecule has 1 saturated carbocycles. The molecule has 5 nitrogen and oxygen atoms in total. The van der Waals surface area contributed by atoms with Crippen molar-refractivity contribution >= 4 is 38.5 Å². The first-order valence-corrected chi connectivity index (χ1v) is 14.2. The molecule has 184 valence electrons. The van der Waals surface area contributed by atoms with Crippen LogP contribution in [0.25, 0.3) is 21.7 Å². The zero-order valence-corrected chi connectivity index (χ0v) is 21.4. The largest absolute Gasteiger partial charge is 0.393 e. The molecule has 0 spiro atoms. The van der Waals surface area contributed by atoms with Crippen LogP contribution < -0.4 is 5.56 Å². The van der Waals surface area contributed by atoms with Gasteiger partial charge in [0.05, 0.1) is 16.7 Å². The molecule has 2 unspecified atom stereocenters. The van der Waals surface area contributed by atoms with Crippen molar-refractivity contribution in [1.82, 2.24) is 9.55 Å². The molecule has 1 aliphatic carbocycles. The molecule has 6 heteroatoms. The van der Waals surface area contributed by atoms with Crippen molar-refractivity contribution in [3.63, 3.8) is 0 Å². The summed E-state index contributed by atoms with van der Waals surface area (Å²) in [6.45, 7) is 0.578. The fourth-order valence-corrected chi connectivity index (χ4v) is 6.09. The third-order valence-electron chi connectivity index (χ3n) is 7.73. The van der Waals surface area contributed by atoms with Crippen LogP contribution in [0.1, 0.15) is 63.4 Å². The van der Waals surface area contributed by atoms with Gasteiger partial charge in [-0.2, -0.15) is 0 Å². The Morgan fingerprint density at radius 1 is 1.06 bits per heavy atom. The van der Waals surface area contributed by atoms with Gasteiger partial charge in [0.25, 0.3) is 5.56 Å². The van der Waals surface area contributed by atoms with Crippen LogP contribution in [-0.4, -0.2) is 32.1 Å². The third kappa shape index (κ3) is 5.39. The first kappa shape index (κ1) is 24.3. The Hall–Kier alpha value is -2.44. The summed E-state index contributed by atoms with van der Waals surface area (Å²) >= 11 is 1.73. The Labute approximate surface area is 211 Å². The molecule has 3 heterocycles. The molecule has 1 aliphatic heterocycles. The van der Waals surface area contributed by atoms with Crippen molar-refractivity contribution < 1.29 is 5.11 Å². The second-order valence-electron chi connectivity index (χ2n) is 10.0. The van der Waals surface area contributed by atoms with Gasteiger partial charge in [-0.25, -0.2) is 0 Å². The Bertz CT molecular complexity index is 1330. The van der Waals surface area contributed by atoms with Gasteiger partial charge in [0, 0.05) is 47.2 Å². The summed E-state index contributed by atoms with van der Waals surface area (Å²) in [5.74, 6) is 0.133. The number of hydrogen-bond acceptors (Lipinski definition) is 5. The number of fused-ring (bicyclic) bond motifs is 3. The fraction of sp³-hybridized carbons (Fsp3) is 0.483. The molecule has 2 aromatic heterocycles. The molecule has 0 bridgehead atoms. The number of rotatable bonds is 5.